The van der Waals surface area contributed by atoms with Gasteiger partial charge in [-0.3, -0.25) is 4.79 Å². The molecule has 2 N–H and O–H groups in total. The summed E-state index contributed by atoms with van der Waals surface area (Å²) in [4.78, 5) is 15.3. The molecule has 1 rings (SSSR count). The van der Waals surface area contributed by atoms with Crippen molar-refractivity contribution in [3.05, 3.63) is 22.4 Å². The Morgan fingerprint density at radius 1 is 1.35 bits per heavy atom. The zero-order valence-electron chi connectivity index (χ0n) is 13.0. The highest BCUT2D eigenvalue weighted by molar-refractivity contribution is 7.09. The minimum Gasteiger partial charge on any atom is -0.345 e. The van der Waals surface area contributed by atoms with Crippen molar-refractivity contribution in [1.82, 2.24) is 4.90 Å². The zero-order valence-corrected chi connectivity index (χ0v) is 13.8. The van der Waals surface area contributed by atoms with Gasteiger partial charge >= 0.3 is 0 Å². The van der Waals surface area contributed by atoms with Crippen molar-refractivity contribution in [1.29, 1.82) is 0 Å². The molecular weight excluding hydrogens is 268 g/mol. The maximum absolute atomic E-state index is 12.0. The first-order valence-corrected chi connectivity index (χ1v) is 8.29. The van der Waals surface area contributed by atoms with Crippen molar-refractivity contribution in [3.63, 3.8) is 0 Å². The van der Waals surface area contributed by atoms with Crippen molar-refractivity contribution < 1.29 is 4.79 Å². The molecule has 1 amide bonds. The predicted octanol–water partition coefficient (Wildman–Crippen LogP) is 3.29. The summed E-state index contributed by atoms with van der Waals surface area (Å²) < 4.78 is 0. The van der Waals surface area contributed by atoms with Gasteiger partial charge in [-0.15, -0.1) is 11.3 Å². The van der Waals surface area contributed by atoms with Gasteiger partial charge < -0.3 is 10.6 Å². The van der Waals surface area contributed by atoms with Crippen LogP contribution >= 0.6 is 11.3 Å². The lowest BCUT2D eigenvalue weighted by Gasteiger charge is -2.29. The lowest BCUT2D eigenvalue weighted by molar-refractivity contribution is -0.131. The van der Waals surface area contributed by atoms with Crippen molar-refractivity contribution in [2.75, 3.05) is 20.1 Å². The van der Waals surface area contributed by atoms with Crippen LogP contribution in [0.4, 0.5) is 0 Å². The van der Waals surface area contributed by atoms with Gasteiger partial charge in [-0.1, -0.05) is 26.3 Å². The number of aryl methyl sites for hydroxylation is 1. The monoisotopic (exact) mass is 296 g/mol. The topological polar surface area (TPSA) is 46.3 Å². The van der Waals surface area contributed by atoms with E-state index in [4.69, 9.17) is 5.73 Å². The van der Waals surface area contributed by atoms with E-state index in [9.17, 15) is 4.79 Å². The lowest BCUT2D eigenvalue weighted by atomic mass is 9.93. The third-order valence-electron chi connectivity index (χ3n) is 3.54. The third-order valence-corrected chi connectivity index (χ3v) is 4.47. The molecule has 0 saturated heterocycles. The Hall–Kier alpha value is -0.870. The Bertz CT molecular complexity index is 387. The van der Waals surface area contributed by atoms with E-state index in [-0.39, 0.29) is 11.3 Å². The second kappa shape index (κ2) is 8.42. The summed E-state index contributed by atoms with van der Waals surface area (Å²) in [6.45, 7) is 5.53. The van der Waals surface area contributed by atoms with E-state index in [0.29, 0.717) is 13.0 Å². The number of unbranched alkanes of at least 4 members (excludes halogenated alkanes) is 2. The van der Waals surface area contributed by atoms with Crippen LogP contribution in [0.2, 0.25) is 0 Å². The van der Waals surface area contributed by atoms with Crippen LogP contribution in [0.1, 0.15) is 44.4 Å². The number of carbonyl (C=O) groups excluding carboxylic acids is 1. The Labute approximate surface area is 127 Å². The SMILES string of the molecule is CN(CC(C)(C)CN)C(=O)CCCCCc1cccs1. The first-order chi connectivity index (χ1) is 9.44. The highest BCUT2D eigenvalue weighted by Gasteiger charge is 2.20. The molecule has 0 atom stereocenters. The molecule has 0 aliphatic rings. The molecule has 0 saturated carbocycles. The minimum absolute atomic E-state index is 0.00355. The molecule has 1 aromatic heterocycles. The molecular formula is C16H28N2OS. The molecule has 4 heteroatoms. The maximum Gasteiger partial charge on any atom is 0.222 e. The lowest BCUT2D eigenvalue weighted by Crippen LogP contribution is -2.39. The molecule has 0 aliphatic heterocycles. The van der Waals surface area contributed by atoms with Crippen molar-refractivity contribution in [3.8, 4) is 0 Å². The molecule has 0 bridgehead atoms. The molecule has 20 heavy (non-hydrogen) atoms. The Morgan fingerprint density at radius 3 is 2.70 bits per heavy atom. The fourth-order valence-corrected chi connectivity index (χ4v) is 2.94. The van der Waals surface area contributed by atoms with E-state index in [1.807, 2.05) is 23.3 Å². The fourth-order valence-electron chi connectivity index (χ4n) is 2.19. The normalized spacial score (nSPS) is 11.6. The zero-order chi connectivity index (χ0) is 15.0. The maximum atomic E-state index is 12.0. The van der Waals surface area contributed by atoms with Crippen LogP contribution in [-0.4, -0.2) is 30.9 Å². The summed E-state index contributed by atoms with van der Waals surface area (Å²) >= 11 is 1.81. The van der Waals surface area contributed by atoms with Crippen LogP contribution in [0.3, 0.4) is 0 Å². The number of rotatable bonds is 9. The van der Waals surface area contributed by atoms with Gasteiger partial charge in [0, 0.05) is 24.9 Å². The summed E-state index contributed by atoms with van der Waals surface area (Å²) in [5, 5.41) is 2.12. The van der Waals surface area contributed by atoms with Crippen LogP contribution in [0, 0.1) is 5.41 Å². The molecule has 0 spiro atoms. The first kappa shape index (κ1) is 17.2. The van der Waals surface area contributed by atoms with Gasteiger partial charge in [0.25, 0.3) is 0 Å². The number of nitrogens with zero attached hydrogens (tertiary/aromatic N) is 1. The standard InChI is InChI=1S/C16H28N2OS/c1-16(2,12-17)13-18(3)15(19)10-6-4-5-8-14-9-7-11-20-14/h7,9,11H,4-6,8,10,12-13,17H2,1-3H3. The second-order valence-electron chi connectivity index (χ2n) is 6.26. The van der Waals surface area contributed by atoms with E-state index in [0.717, 1.165) is 25.8 Å². The molecule has 0 fully saturated rings. The van der Waals surface area contributed by atoms with Crippen molar-refractivity contribution >= 4 is 17.2 Å². The predicted molar refractivity (Wildman–Crippen MR) is 87.0 cm³/mol. The quantitative estimate of drug-likeness (QED) is 0.711. The molecule has 0 aromatic carbocycles. The molecule has 114 valence electrons. The van der Waals surface area contributed by atoms with E-state index < -0.39 is 0 Å². The Kier molecular flexibility index (Phi) is 7.24. The van der Waals surface area contributed by atoms with Crippen molar-refractivity contribution in [2.24, 2.45) is 11.1 Å². The molecule has 0 radical (unpaired) electrons. The number of hydrogen-bond acceptors (Lipinski definition) is 3. The number of carbonyl (C=O) groups is 1. The molecule has 1 aromatic rings. The van der Waals surface area contributed by atoms with Crippen LogP contribution in [0.25, 0.3) is 0 Å². The summed E-state index contributed by atoms with van der Waals surface area (Å²) in [7, 11) is 1.88. The summed E-state index contributed by atoms with van der Waals surface area (Å²) in [5.74, 6) is 0.239. The number of hydrogen-bond donors (Lipinski definition) is 1. The van der Waals surface area contributed by atoms with Gasteiger partial charge in [-0.05, 0) is 42.7 Å². The van der Waals surface area contributed by atoms with Gasteiger partial charge in [-0.25, -0.2) is 0 Å². The average Bonchev–Trinajstić information content (AvgIpc) is 2.90. The van der Waals surface area contributed by atoms with Crippen LogP contribution < -0.4 is 5.73 Å². The van der Waals surface area contributed by atoms with E-state index >= 15 is 0 Å². The van der Waals surface area contributed by atoms with E-state index in [1.54, 1.807) is 0 Å². The van der Waals surface area contributed by atoms with Crippen LogP contribution in [0.15, 0.2) is 17.5 Å². The van der Waals surface area contributed by atoms with Gasteiger partial charge in [0.15, 0.2) is 0 Å². The van der Waals surface area contributed by atoms with Gasteiger partial charge in [0.1, 0.15) is 0 Å². The Morgan fingerprint density at radius 2 is 2.10 bits per heavy atom. The summed E-state index contributed by atoms with van der Waals surface area (Å²) in [6, 6.07) is 4.27. The van der Waals surface area contributed by atoms with Gasteiger partial charge in [-0.2, -0.15) is 0 Å². The number of thiophene rings is 1. The van der Waals surface area contributed by atoms with Crippen molar-refractivity contribution in [2.45, 2.75) is 46.0 Å². The first-order valence-electron chi connectivity index (χ1n) is 7.41. The molecule has 3 nitrogen and oxygen atoms in total. The molecule has 0 aliphatic carbocycles. The van der Waals surface area contributed by atoms with E-state index in [2.05, 4.69) is 31.4 Å². The summed E-state index contributed by atoms with van der Waals surface area (Å²) in [5.41, 5.74) is 5.71. The Balaban J connectivity index is 2.13. The van der Waals surface area contributed by atoms with Crippen LogP contribution in [-0.2, 0) is 11.2 Å². The van der Waals surface area contributed by atoms with Crippen LogP contribution in [0.5, 0.6) is 0 Å². The highest BCUT2D eigenvalue weighted by Crippen LogP contribution is 2.16. The summed E-state index contributed by atoms with van der Waals surface area (Å²) in [6.07, 6.45) is 5.07. The number of amides is 1. The number of nitrogens with two attached hydrogens (primary N) is 1. The van der Waals surface area contributed by atoms with Gasteiger partial charge in [0.2, 0.25) is 5.91 Å². The molecule has 1 heterocycles. The molecule has 0 unspecified atom stereocenters. The smallest absolute Gasteiger partial charge is 0.222 e. The van der Waals surface area contributed by atoms with E-state index in [1.165, 1.54) is 11.3 Å². The average molecular weight is 296 g/mol. The minimum atomic E-state index is 0.00355. The third kappa shape index (κ3) is 6.53. The highest BCUT2D eigenvalue weighted by atomic mass is 32.1. The second-order valence-corrected chi connectivity index (χ2v) is 7.29. The fraction of sp³-hybridized carbons (Fsp3) is 0.688. The largest absolute Gasteiger partial charge is 0.345 e. The van der Waals surface area contributed by atoms with Gasteiger partial charge in [0.05, 0.1) is 0 Å².